The van der Waals surface area contributed by atoms with Gasteiger partial charge < -0.3 is 15.1 Å². The second kappa shape index (κ2) is 9.35. The van der Waals surface area contributed by atoms with Crippen molar-refractivity contribution in [1.82, 2.24) is 4.90 Å². The molecule has 2 heterocycles. The Balaban J connectivity index is 1.41. The van der Waals surface area contributed by atoms with Gasteiger partial charge in [-0.3, -0.25) is 24.5 Å². The second-order valence-corrected chi connectivity index (χ2v) is 8.28. The van der Waals surface area contributed by atoms with Crippen molar-refractivity contribution in [3.05, 3.63) is 64.5 Å². The highest BCUT2D eigenvalue weighted by atomic mass is 19.1. The zero-order valence-electron chi connectivity index (χ0n) is 17.8. The largest absolute Gasteiger partial charge is 0.342 e. The van der Waals surface area contributed by atoms with E-state index in [1.807, 2.05) is 18.2 Å². The van der Waals surface area contributed by atoms with Crippen molar-refractivity contribution in [2.24, 2.45) is 11.8 Å². The molecule has 9 nitrogen and oxygen atoms in total. The van der Waals surface area contributed by atoms with Gasteiger partial charge in [0.2, 0.25) is 23.5 Å². The van der Waals surface area contributed by atoms with E-state index >= 15 is 0 Å². The van der Waals surface area contributed by atoms with Gasteiger partial charge in [-0.05, 0) is 37.1 Å². The lowest BCUT2D eigenvalue weighted by molar-refractivity contribution is -0.387. The van der Waals surface area contributed by atoms with Crippen LogP contribution in [-0.4, -0.2) is 47.2 Å². The maximum atomic E-state index is 13.7. The molecule has 0 saturated carbocycles. The second-order valence-electron chi connectivity index (χ2n) is 8.28. The topological polar surface area (TPSA) is 113 Å². The number of anilines is 2. The first-order valence-electron chi connectivity index (χ1n) is 10.7. The number of piperidine rings is 1. The van der Waals surface area contributed by atoms with Gasteiger partial charge in [-0.1, -0.05) is 18.2 Å². The first kappa shape index (κ1) is 22.4. The standard InChI is InChI=1S/C23H23FN4O5/c24-19-9-8-18(12-20(19)28(32)33)27-14-16(11-21(27)29)23(31)26-10-4-5-15(13-26)22(30)25-17-6-2-1-3-7-17/h1-3,6-9,12,15-16H,4-5,10-11,13-14H2,(H,25,30). The minimum absolute atomic E-state index is 0.0403. The molecule has 172 valence electrons. The number of carbonyl (C=O) groups excluding carboxylic acids is 3. The zero-order chi connectivity index (χ0) is 23.5. The van der Waals surface area contributed by atoms with Crippen LogP contribution in [0.5, 0.6) is 0 Å². The van der Waals surface area contributed by atoms with Gasteiger partial charge in [-0.15, -0.1) is 0 Å². The highest BCUT2D eigenvalue weighted by Gasteiger charge is 2.39. The smallest absolute Gasteiger partial charge is 0.306 e. The highest BCUT2D eigenvalue weighted by molar-refractivity contribution is 6.00. The summed E-state index contributed by atoms with van der Waals surface area (Å²) in [6.45, 7) is 0.822. The lowest BCUT2D eigenvalue weighted by Gasteiger charge is -2.33. The quantitative estimate of drug-likeness (QED) is 0.551. The Morgan fingerprint density at radius 2 is 1.85 bits per heavy atom. The minimum atomic E-state index is -0.990. The van der Waals surface area contributed by atoms with E-state index in [0.717, 1.165) is 12.1 Å². The number of nitro benzene ring substituents is 1. The number of nitro groups is 1. The van der Waals surface area contributed by atoms with Crippen LogP contribution in [0.2, 0.25) is 0 Å². The molecular formula is C23H23FN4O5. The van der Waals surface area contributed by atoms with E-state index in [4.69, 9.17) is 0 Å². The Kier molecular flexibility index (Phi) is 6.34. The number of hydrogen-bond donors (Lipinski definition) is 1. The number of nitrogens with one attached hydrogen (secondary N) is 1. The van der Waals surface area contributed by atoms with Crippen molar-refractivity contribution in [2.75, 3.05) is 29.9 Å². The Labute approximate surface area is 189 Å². The molecule has 2 fully saturated rings. The van der Waals surface area contributed by atoms with E-state index in [9.17, 15) is 28.9 Å². The van der Waals surface area contributed by atoms with Gasteiger partial charge in [0, 0.05) is 37.8 Å². The number of hydrogen-bond acceptors (Lipinski definition) is 5. The van der Waals surface area contributed by atoms with Crippen molar-refractivity contribution in [2.45, 2.75) is 19.3 Å². The van der Waals surface area contributed by atoms with Crippen LogP contribution in [0.4, 0.5) is 21.5 Å². The molecule has 4 rings (SSSR count). The van der Waals surface area contributed by atoms with E-state index in [1.165, 1.54) is 11.0 Å². The molecule has 0 aliphatic carbocycles. The van der Waals surface area contributed by atoms with Crippen LogP contribution in [0, 0.1) is 27.8 Å². The normalized spacial score (nSPS) is 20.6. The summed E-state index contributed by atoms with van der Waals surface area (Å²) in [6.07, 6.45) is 1.30. The molecule has 0 bridgehead atoms. The molecule has 2 aromatic carbocycles. The highest BCUT2D eigenvalue weighted by Crippen LogP contribution is 2.31. The third-order valence-corrected chi connectivity index (χ3v) is 6.06. The van der Waals surface area contributed by atoms with Gasteiger partial charge in [0.25, 0.3) is 0 Å². The maximum Gasteiger partial charge on any atom is 0.306 e. The lowest BCUT2D eigenvalue weighted by Crippen LogP contribution is -2.46. The molecule has 0 spiro atoms. The van der Waals surface area contributed by atoms with E-state index in [0.29, 0.717) is 25.1 Å². The molecule has 3 amide bonds. The maximum absolute atomic E-state index is 13.7. The van der Waals surface area contributed by atoms with Gasteiger partial charge in [-0.25, -0.2) is 0 Å². The van der Waals surface area contributed by atoms with Crippen LogP contribution in [-0.2, 0) is 14.4 Å². The van der Waals surface area contributed by atoms with Crippen molar-refractivity contribution in [1.29, 1.82) is 0 Å². The van der Waals surface area contributed by atoms with Gasteiger partial charge in [0.05, 0.1) is 22.4 Å². The fourth-order valence-electron chi connectivity index (χ4n) is 4.35. The monoisotopic (exact) mass is 454 g/mol. The summed E-state index contributed by atoms with van der Waals surface area (Å²) < 4.78 is 13.7. The van der Waals surface area contributed by atoms with E-state index in [2.05, 4.69) is 5.32 Å². The number of halogens is 1. The Bertz CT molecular complexity index is 1090. The Morgan fingerprint density at radius 3 is 2.58 bits per heavy atom. The van der Waals surface area contributed by atoms with Crippen LogP contribution < -0.4 is 10.2 Å². The summed E-state index contributed by atoms with van der Waals surface area (Å²) in [6, 6.07) is 12.3. The third kappa shape index (κ3) is 4.84. The molecule has 2 unspecified atom stereocenters. The summed E-state index contributed by atoms with van der Waals surface area (Å²) in [5, 5.41) is 13.9. The zero-order valence-corrected chi connectivity index (χ0v) is 17.8. The summed E-state index contributed by atoms with van der Waals surface area (Å²) in [5.74, 6) is -2.70. The van der Waals surface area contributed by atoms with Crippen LogP contribution in [0.1, 0.15) is 19.3 Å². The van der Waals surface area contributed by atoms with Crippen molar-refractivity contribution in [3.8, 4) is 0 Å². The predicted octanol–water partition coefficient (Wildman–Crippen LogP) is 2.96. The van der Waals surface area contributed by atoms with Crippen LogP contribution in [0.15, 0.2) is 48.5 Å². The van der Waals surface area contributed by atoms with Crippen LogP contribution in [0.3, 0.4) is 0 Å². The van der Waals surface area contributed by atoms with Crippen LogP contribution >= 0.6 is 0 Å². The number of amides is 3. The van der Waals surface area contributed by atoms with Gasteiger partial charge >= 0.3 is 5.69 Å². The lowest BCUT2D eigenvalue weighted by atomic mass is 9.95. The Morgan fingerprint density at radius 1 is 1.09 bits per heavy atom. The van der Waals surface area contributed by atoms with E-state index in [1.54, 1.807) is 17.0 Å². The number of benzene rings is 2. The molecule has 2 aliphatic heterocycles. The number of rotatable bonds is 5. The molecule has 1 N–H and O–H groups in total. The van der Waals surface area contributed by atoms with Crippen LogP contribution in [0.25, 0.3) is 0 Å². The van der Waals surface area contributed by atoms with Crippen molar-refractivity contribution in [3.63, 3.8) is 0 Å². The predicted molar refractivity (Wildman–Crippen MR) is 118 cm³/mol. The molecule has 10 heteroatoms. The first-order valence-corrected chi connectivity index (χ1v) is 10.7. The molecule has 33 heavy (non-hydrogen) atoms. The number of nitrogens with zero attached hydrogens (tertiary/aromatic N) is 3. The average molecular weight is 454 g/mol. The summed E-state index contributed by atoms with van der Waals surface area (Å²) in [7, 11) is 0. The summed E-state index contributed by atoms with van der Waals surface area (Å²) >= 11 is 0. The number of carbonyl (C=O) groups is 3. The minimum Gasteiger partial charge on any atom is -0.342 e. The van der Waals surface area contributed by atoms with Crippen molar-refractivity contribution < 1.29 is 23.7 Å². The first-order chi connectivity index (χ1) is 15.8. The fraction of sp³-hybridized carbons (Fsp3) is 0.348. The molecular weight excluding hydrogens is 431 g/mol. The van der Waals surface area contributed by atoms with E-state index in [-0.39, 0.29) is 48.8 Å². The molecule has 2 aliphatic rings. The number of para-hydroxylation sites is 1. The third-order valence-electron chi connectivity index (χ3n) is 6.06. The summed E-state index contributed by atoms with van der Waals surface area (Å²) in [5.41, 5.74) is 0.150. The molecule has 2 aromatic rings. The van der Waals surface area contributed by atoms with Gasteiger partial charge in [0.1, 0.15) is 0 Å². The van der Waals surface area contributed by atoms with E-state index < -0.39 is 22.3 Å². The molecule has 0 radical (unpaired) electrons. The molecule has 2 saturated heterocycles. The summed E-state index contributed by atoms with van der Waals surface area (Å²) in [4.78, 5) is 51.4. The fourth-order valence-corrected chi connectivity index (χ4v) is 4.35. The average Bonchev–Trinajstić information content (AvgIpc) is 3.21. The van der Waals surface area contributed by atoms with Crippen molar-refractivity contribution >= 4 is 34.8 Å². The SMILES string of the molecule is O=C(Nc1ccccc1)C1CCCN(C(=O)C2CC(=O)N(c3ccc(F)c([N+](=O)[O-])c3)C2)C1. The van der Waals surface area contributed by atoms with Gasteiger partial charge in [0.15, 0.2) is 0 Å². The number of likely N-dealkylation sites (tertiary alicyclic amines) is 1. The molecule has 0 aromatic heterocycles. The van der Waals surface area contributed by atoms with Gasteiger partial charge in [-0.2, -0.15) is 4.39 Å². The molecule has 2 atom stereocenters. The Hall–Kier alpha value is -3.82.